The summed E-state index contributed by atoms with van der Waals surface area (Å²) < 4.78 is 26.3. The number of unbranched alkanes of at least 4 members (excludes halogenated alkanes) is 1. The average Bonchev–Trinajstić information content (AvgIpc) is 2.37. The molecule has 0 N–H and O–H groups in total. The molecule has 0 saturated heterocycles. The lowest BCUT2D eigenvalue weighted by Gasteiger charge is -2.21. The van der Waals surface area contributed by atoms with Crippen LogP contribution in [-0.2, 0) is 10.0 Å². The summed E-state index contributed by atoms with van der Waals surface area (Å²) in [5, 5.41) is 0.558. The minimum Gasteiger partial charge on any atom is -0.207 e. The van der Waals surface area contributed by atoms with Crippen LogP contribution in [0.2, 0.25) is 10.0 Å². The van der Waals surface area contributed by atoms with Crippen LogP contribution in [0.3, 0.4) is 0 Å². The zero-order chi connectivity index (χ0) is 14.5. The molecule has 108 valence electrons. The lowest BCUT2D eigenvalue weighted by atomic mass is 10.3. The predicted octanol–water partition coefficient (Wildman–Crippen LogP) is 4.02. The predicted molar refractivity (Wildman–Crippen MR) is 80.8 cm³/mol. The van der Waals surface area contributed by atoms with Gasteiger partial charge in [0.1, 0.15) is 0 Å². The van der Waals surface area contributed by atoms with E-state index in [0.29, 0.717) is 11.6 Å². The first-order valence-electron chi connectivity index (χ1n) is 5.94. The molecule has 0 amide bonds. The van der Waals surface area contributed by atoms with E-state index < -0.39 is 10.0 Å². The van der Waals surface area contributed by atoms with Gasteiger partial charge in [-0.3, -0.25) is 0 Å². The van der Waals surface area contributed by atoms with Crippen LogP contribution in [0.25, 0.3) is 0 Å². The maximum atomic E-state index is 12.5. The number of nitrogens with zero attached hydrogens (tertiary/aromatic N) is 1. The van der Waals surface area contributed by atoms with Crippen molar-refractivity contribution in [2.45, 2.75) is 24.7 Å². The Bertz CT molecular complexity index is 520. The van der Waals surface area contributed by atoms with Crippen molar-refractivity contribution in [3.05, 3.63) is 28.2 Å². The first-order valence-corrected chi connectivity index (χ1v) is 8.67. The smallest absolute Gasteiger partial charge is 0.207 e. The molecule has 0 radical (unpaired) electrons. The maximum Gasteiger partial charge on any atom is 0.243 e. The number of halogens is 3. The van der Waals surface area contributed by atoms with E-state index in [0.717, 1.165) is 12.8 Å². The summed E-state index contributed by atoms with van der Waals surface area (Å²) in [4.78, 5) is 0.142. The highest BCUT2D eigenvalue weighted by atomic mass is 35.5. The van der Waals surface area contributed by atoms with E-state index in [1.807, 2.05) is 6.92 Å². The Morgan fingerprint density at radius 1 is 1.16 bits per heavy atom. The Balaban J connectivity index is 3.07. The molecule has 0 saturated carbocycles. The van der Waals surface area contributed by atoms with Crippen LogP contribution in [-0.4, -0.2) is 31.7 Å². The summed E-state index contributed by atoms with van der Waals surface area (Å²) in [6.07, 6.45) is 1.70. The monoisotopic (exact) mass is 343 g/mol. The fraction of sp³-hybridized carbons (Fsp3) is 0.500. The van der Waals surface area contributed by atoms with Gasteiger partial charge < -0.3 is 0 Å². The van der Waals surface area contributed by atoms with Gasteiger partial charge in [-0.2, -0.15) is 4.31 Å². The molecule has 1 aromatic carbocycles. The van der Waals surface area contributed by atoms with Crippen LogP contribution < -0.4 is 0 Å². The Kier molecular flexibility index (Phi) is 6.91. The SMILES string of the molecule is CCCCN(CCCl)S(=O)(=O)c1ccc(Cl)c(Cl)c1. The van der Waals surface area contributed by atoms with Crippen LogP contribution in [0.4, 0.5) is 0 Å². The first-order chi connectivity index (χ1) is 8.93. The summed E-state index contributed by atoms with van der Waals surface area (Å²) >= 11 is 17.3. The van der Waals surface area contributed by atoms with Gasteiger partial charge >= 0.3 is 0 Å². The molecule has 0 aliphatic heterocycles. The van der Waals surface area contributed by atoms with Crippen molar-refractivity contribution in [2.75, 3.05) is 19.0 Å². The zero-order valence-corrected chi connectivity index (χ0v) is 13.7. The van der Waals surface area contributed by atoms with Gasteiger partial charge in [-0.1, -0.05) is 36.5 Å². The second kappa shape index (κ2) is 7.70. The van der Waals surface area contributed by atoms with Crippen molar-refractivity contribution in [1.82, 2.24) is 4.31 Å². The van der Waals surface area contributed by atoms with E-state index in [9.17, 15) is 8.42 Å². The zero-order valence-electron chi connectivity index (χ0n) is 10.6. The van der Waals surface area contributed by atoms with Crippen molar-refractivity contribution >= 4 is 44.8 Å². The van der Waals surface area contributed by atoms with Crippen LogP contribution in [0.1, 0.15) is 19.8 Å². The third-order valence-electron chi connectivity index (χ3n) is 2.62. The molecule has 0 aliphatic rings. The molecule has 0 spiro atoms. The maximum absolute atomic E-state index is 12.5. The Labute approximate surface area is 129 Å². The fourth-order valence-electron chi connectivity index (χ4n) is 1.57. The van der Waals surface area contributed by atoms with Gasteiger partial charge in [0.25, 0.3) is 0 Å². The largest absolute Gasteiger partial charge is 0.243 e. The minimum atomic E-state index is -3.57. The van der Waals surface area contributed by atoms with Gasteiger partial charge in [0.05, 0.1) is 14.9 Å². The Morgan fingerprint density at radius 2 is 1.84 bits per heavy atom. The van der Waals surface area contributed by atoms with E-state index in [1.165, 1.54) is 22.5 Å². The van der Waals surface area contributed by atoms with Gasteiger partial charge in [0.2, 0.25) is 10.0 Å². The van der Waals surface area contributed by atoms with E-state index in [4.69, 9.17) is 34.8 Å². The molecule has 0 heterocycles. The van der Waals surface area contributed by atoms with Gasteiger partial charge in [-0.25, -0.2) is 8.42 Å². The van der Waals surface area contributed by atoms with Crippen LogP contribution in [0.5, 0.6) is 0 Å². The number of rotatable bonds is 7. The summed E-state index contributed by atoms with van der Waals surface area (Å²) in [5.41, 5.74) is 0. The molecule has 0 atom stereocenters. The molecular weight excluding hydrogens is 329 g/mol. The van der Waals surface area contributed by atoms with Crippen molar-refractivity contribution in [2.24, 2.45) is 0 Å². The van der Waals surface area contributed by atoms with Crippen molar-refractivity contribution in [1.29, 1.82) is 0 Å². The molecule has 0 aromatic heterocycles. The second-order valence-electron chi connectivity index (χ2n) is 4.02. The topological polar surface area (TPSA) is 37.4 Å². The van der Waals surface area contributed by atoms with Gasteiger partial charge in [-0.15, -0.1) is 11.6 Å². The summed E-state index contributed by atoms with van der Waals surface area (Å²) in [5.74, 6) is 0.254. The third kappa shape index (κ3) is 4.50. The molecule has 3 nitrogen and oxygen atoms in total. The van der Waals surface area contributed by atoms with Gasteiger partial charge in [0.15, 0.2) is 0 Å². The van der Waals surface area contributed by atoms with E-state index in [1.54, 1.807) is 0 Å². The molecule has 7 heteroatoms. The number of hydrogen-bond donors (Lipinski definition) is 0. The quantitative estimate of drug-likeness (QED) is 0.700. The highest BCUT2D eigenvalue weighted by Crippen LogP contribution is 2.26. The molecule has 0 fully saturated rings. The van der Waals surface area contributed by atoms with E-state index >= 15 is 0 Å². The van der Waals surface area contributed by atoms with Crippen molar-refractivity contribution < 1.29 is 8.42 Å². The molecular formula is C12H16Cl3NO2S. The Hall–Kier alpha value is -0.000000000000000111. The third-order valence-corrected chi connectivity index (χ3v) is 5.43. The number of hydrogen-bond acceptors (Lipinski definition) is 2. The molecule has 0 unspecified atom stereocenters. The van der Waals surface area contributed by atoms with E-state index in [-0.39, 0.29) is 22.3 Å². The average molecular weight is 345 g/mol. The molecule has 19 heavy (non-hydrogen) atoms. The van der Waals surface area contributed by atoms with Crippen molar-refractivity contribution in [3.63, 3.8) is 0 Å². The highest BCUT2D eigenvalue weighted by molar-refractivity contribution is 7.89. The second-order valence-corrected chi connectivity index (χ2v) is 7.15. The first kappa shape index (κ1) is 17.1. The lowest BCUT2D eigenvalue weighted by Crippen LogP contribution is -2.33. The Morgan fingerprint density at radius 3 is 2.37 bits per heavy atom. The normalized spacial score (nSPS) is 12.1. The highest BCUT2D eigenvalue weighted by Gasteiger charge is 2.24. The summed E-state index contributed by atoms with van der Waals surface area (Å²) in [6, 6.07) is 4.30. The van der Waals surface area contributed by atoms with Gasteiger partial charge in [0, 0.05) is 19.0 Å². The number of alkyl halides is 1. The number of benzene rings is 1. The van der Waals surface area contributed by atoms with Crippen LogP contribution in [0.15, 0.2) is 23.1 Å². The molecule has 1 aromatic rings. The van der Waals surface area contributed by atoms with Gasteiger partial charge in [-0.05, 0) is 24.6 Å². The van der Waals surface area contributed by atoms with Crippen LogP contribution in [0, 0.1) is 0 Å². The minimum absolute atomic E-state index is 0.142. The van der Waals surface area contributed by atoms with Crippen molar-refractivity contribution in [3.8, 4) is 0 Å². The fourth-order valence-corrected chi connectivity index (χ4v) is 3.74. The number of sulfonamides is 1. The standard InChI is InChI=1S/C12H16Cl3NO2S/c1-2-3-7-16(8-6-13)19(17,18)10-4-5-11(14)12(15)9-10/h4-5,9H,2-3,6-8H2,1H3. The van der Waals surface area contributed by atoms with Crippen LogP contribution >= 0.6 is 34.8 Å². The summed E-state index contributed by atoms with van der Waals surface area (Å²) in [7, 11) is -3.57. The molecule has 1 rings (SSSR count). The van der Waals surface area contributed by atoms with E-state index in [2.05, 4.69) is 0 Å². The molecule has 0 aliphatic carbocycles. The summed E-state index contributed by atoms with van der Waals surface area (Å²) in [6.45, 7) is 2.74. The lowest BCUT2D eigenvalue weighted by molar-refractivity contribution is 0.420. The molecule has 0 bridgehead atoms.